The highest BCUT2D eigenvalue weighted by Crippen LogP contribution is 2.48. The number of Topliss-reactive ketones (excluding diaryl/α,β-unsaturated/α-hetero) is 1. The van der Waals surface area contributed by atoms with E-state index in [0.717, 1.165) is 53.6 Å². The lowest BCUT2D eigenvalue weighted by atomic mass is 9.71. The van der Waals surface area contributed by atoms with Crippen LogP contribution in [0.1, 0.15) is 40.7 Å². The van der Waals surface area contributed by atoms with Crippen molar-refractivity contribution in [2.75, 3.05) is 14.1 Å². The van der Waals surface area contributed by atoms with Crippen LogP contribution in [0.5, 0.6) is 0 Å². The molecule has 1 spiro atoms. The van der Waals surface area contributed by atoms with E-state index in [0.29, 0.717) is 5.56 Å². The van der Waals surface area contributed by atoms with Gasteiger partial charge < -0.3 is 4.90 Å². The van der Waals surface area contributed by atoms with Gasteiger partial charge in [0.25, 0.3) is 0 Å². The van der Waals surface area contributed by atoms with E-state index in [9.17, 15) is 4.79 Å². The molecular weight excluding hydrogens is 344 g/mol. The normalized spacial score (nSPS) is 20.5. The molecule has 0 saturated carbocycles. The Morgan fingerprint density at radius 3 is 2.64 bits per heavy atom. The molecule has 0 saturated heterocycles. The summed E-state index contributed by atoms with van der Waals surface area (Å²) in [6.45, 7) is 4.16. The summed E-state index contributed by atoms with van der Waals surface area (Å²) in [5.74, 6) is 0.270. The fourth-order valence-electron chi connectivity index (χ4n) is 4.43. The summed E-state index contributed by atoms with van der Waals surface area (Å²) in [4.78, 5) is 15.4. The van der Waals surface area contributed by atoms with Crippen molar-refractivity contribution in [3.05, 3.63) is 83.1 Å². The van der Waals surface area contributed by atoms with Crippen molar-refractivity contribution in [3.8, 4) is 17.2 Å². The number of benzene rings is 2. The van der Waals surface area contributed by atoms with Crippen molar-refractivity contribution in [2.24, 2.45) is 5.41 Å². The van der Waals surface area contributed by atoms with Crippen LogP contribution in [0.15, 0.2) is 66.4 Å². The monoisotopic (exact) mass is 368 g/mol. The number of likely N-dealkylation sites (N-methyl/N-ethyl adjacent to an activating group) is 1. The first-order chi connectivity index (χ1) is 13.4. The molecule has 0 bridgehead atoms. The highest BCUT2D eigenvalue weighted by molar-refractivity contribution is 6.06. The summed E-state index contributed by atoms with van der Waals surface area (Å²) < 4.78 is 0. The maximum atomic E-state index is 13.4. The molecule has 1 unspecified atom stereocenters. The van der Waals surface area contributed by atoms with Gasteiger partial charge in [0.05, 0.1) is 11.6 Å². The third-order valence-corrected chi connectivity index (χ3v) is 6.21. The summed E-state index contributed by atoms with van der Waals surface area (Å²) in [7, 11) is 4.01. The van der Waals surface area contributed by atoms with Gasteiger partial charge in [-0.3, -0.25) is 4.79 Å². The smallest absolute Gasteiger partial charge is 0.169 e. The molecule has 0 aliphatic heterocycles. The molecule has 0 heterocycles. The van der Waals surface area contributed by atoms with E-state index in [4.69, 9.17) is 5.26 Å². The lowest BCUT2D eigenvalue weighted by Crippen LogP contribution is -2.30. The third-order valence-electron chi connectivity index (χ3n) is 6.21. The van der Waals surface area contributed by atoms with Crippen LogP contribution in [-0.2, 0) is 6.42 Å². The van der Waals surface area contributed by atoms with E-state index in [1.807, 2.05) is 43.3 Å². The lowest BCUT2D eigenvalue weighted by Gasteiger charge is -2.32. The van der Waals surface area contributed by atoms with Crippen molar-refractivity contribution >= 4 is 5.78 Å². The van der Waals surface area contributed by atoms with Crippen molar-refractivity contribution in [1.82, 2.24) is 4.90 Å². The zero-order valence-corrected chi connectivity index (χ0v) is 16.5. The largest absolute Gasteiger partial charge is 0.378 e. The van der Waals surface area contributed by atoms with Gasteiger partial charge >= 0.3 is 0 Å². The molecule has 2 aromatic carbocycles. The zero-order valence-electron chi connectivity index (χ0n) is 16.5. The number of nitriles is 1. The highest BCUT2D eigenvalue weighted by atomic mass is 16.1. The number of hydrogen-bond donors (Lipinski definition) is 0. The summed E-state index contributed by atoms with van der Waals surface area (Å²) in [6, 6.07) is 15.9. The van der Waals surface area contributed by atoms with Crippen molar-refractivity contribution in [2.45, 2.75) is 25.7 Å². The molecule has 3 heteroatoms. The Morgan fingerprint density at radius 2 is 1.96 bits per heavy atom. The quantitative estimate of drug-likeness (QED) is 0.754. The van der Waals surface area contributed by atoms with Crippen molar-refractivity contribution in [1.29, 1.82) is 5.26 Å². The van der Waals surface area contributed by atoms with Gasteiger partial charge in [0.2, 0.25) is 0 Å². The summed E-state index contributed by atoms with van der Waals surface area (Å²) in [5.41, 5.74) is 6.60. The molecule has 3 nitrogen and oxygen atoms in total. The molecule has 0 N–H and O–H groups in total. The van der Waals surface area contributed by atoms with Gasteiger partial charge in [-0.25, -0.2) is 0 Å². The van der Waals surface area contributed by atoms with E-state index < -0.39 is 0 Å². The minimum atomic E-state index is -0.300. The van der Waals surface area contributed by atoms with Crippen LogP contribution in [0, 0.1) is 16.7 Å². The van der Waals surface area contributed by atoms with Gasteiger partial charge in [-0.05, 0) is 66.1 Å². The predicted octanol–water partition coefficient (Wildman–Crippen LogP) is 5.14. The molecule has 1 atom stereocenters. The van der Waals surface area contributed by atoms with Crippen LogP contribution < -0.4 is 0 Å². The Hall–Kier alpha value is -3.12. The van der Waals surface area contributed by atoms with Crippen molar-refractivity contribution in [3.63, 3.8) is 0 Å². The highest BCUT2D eigenvalue weighted by Gasteiger charge is 2.45. The van der Waals surface area contributed by atoms with E-state index in [2.05, 4.69) is 30.9 Å². The first kappa shape index (κ1) is 18.3. The summed E-state index contributed by atoms with van der Waals surface area (Å²) >= 11 is 0. The second kappa shape index (κ2) is 6.80. The molecule has 140 valence electrons. The van der Waals surface area contributed by atoms with Crippen LogP contribution in [-0.4, -0.2) is 24.8 Å². The number of nitrogens with zero attached hydrogens (tertiary/aromatic N) is 2. The fraction of sp³-hybridized carbons (Fsp3) is 0.280. The SMILES string of the molecule is C=C(C1=CCC2(CC1)Cc1ccc(-c3cccc(C#N)c3)cc1C2=O)N(C)C. The van der Waals surface area contributed by atoms with Crippen molar-refractivity contribution < 1.29 is 4.79 Å². The standard InChI is InChI=1S/C25H24N2O/c1-17(27(2)3)19-9-11-25(12-10-19)15-22-8-7-21(14-23(22)24(25)28)20-6-4-5-18(13-20)16-26/h4-9,13-14H,1,10-12,15H2,2-3H3. The van der Waals surface area contributed by atoms with Crippen LogP contribution in [0.25, 0.3) is 11.1 Å². The Labute approximate surface area is 166 Å². The molecule has 2 aliphatic carbocycles. The second-order valence-electron chi connectivity index (χ2n) is 8.13. The zero-order chi connectivity index (χ0) is 19.9. The number of carbonyl (C=O) groups is 1. The molecular formula is C25H24N2O. The molecule has 28 heavy (non-hydrogen) atoms. The Bertz CT molecular complexity index is 1050. The summed E-state index contributed by atoms with van der Waals surface area (Å²) in [5, 5.41) is 9.15. The average Bonchev–Trinajstić information content (AvgIpc) is 2.99. The Balaban J connectivity index is 1.63. The van der Waals surface area contributed by atoms with Gasteiger partial charge in [0, 0.05) is 30.8 Å². The average molecular weight is 368 g/mol. The van der Waals surface area contributed by atoms with Gasteiger partial charge in [-0.2, -0.15) is 5.26 Å². The van der Waals surface area contributed by atoms with E-state index in [1.165, 1.54) is 5.57 Å². The van der Waals surface area contributed by atoms with Gasteiger partial charge in [0.15, 0.2) is 5.78 Å². The number of rotatable bonds is 3. The molecule has 2 aromatic rings. The molecule has 0 radical (unpaired) electrons. The predicted molar refractivity (Wildman–Crippen MR) is 112 cm³/mol. The first-order valence-corrected chi connectivity index (χ1v) is 9.67. The number of carbonyl (C=O) groups excluding carboxylic acids is 1. The fourth-order valence-corrected chi connectivity index (χ4v) is 4.43. The maximum Gasteiger partial charge on any atom is 0.169 e. The van der Waals surface area contributed by atoms with Crippen LogP contribution in [0.3, 0.4) is 0 Å². The minimum Gasteiger partial charge on any atom is -0.378 e. The number of hydrogen-bond acceptors (Lipinski definition) is 3. The number of ketones is 1. The topological polar surface area (TPSA) is 44.1 Å². The van der Waals surface area contributed by atoms with Crippen LogP contribution >= 0.6 is 0 Å². The number of fused-ring (bicyclic) bond motifs is 1. The summed E-state index contributed by atoms with van der Waals surface area (Å²) in [6.07, 6.45) is 5.58. The van der Waals surface area contributed by atoms with E-state index in [1.54, 1.807) is 6.07 Å². The first-order valence-electron chi connectivity index (χ1n) is 9.67. The van der Waals surface area contributed by atoms with E-state index >= 15 is 0 Å². The van der Waals surface area contributed by atoms with Crippen LogP contribution in [0.2, 0.25) is 0 Å². The number of allylic oxidation sites excluding steroid dienone is 2. The molecule has 0 fully saturated rings. The lowest BCUT2D eigenvalue weighted by molar-refractivity contribution is 0.0800. The molecule has 2 aliphatic rings. The van der Waals surface area contributed by atoms with Gasteiger partial charge in [-0.15, -0.1) is 0 Å². The molecule has 0 aromatic heterocycles. The molecule has 4 rings (SSSR count). The molecule has 0 amide bonds. The maximum absolute atomic E-state index is 13.4. The Morgan fingerprint density at radius 1 is 1.18 bits per heavy atom. The second-order valence-corrected chi connectivity index (χ2v) is 8.13. The minimum absolute atomic E-state index is 0.270. The van der Waals surface area contributed by atoms with Crippen LogP contribution in [0.4, 0.5) is 0 Å². The van der Waals surface area contributed by atoms with Gasteiger partial charge in [-0.1, -0.05) is 36.9 Å². The third kappa shape index (κ3) is 2.96. The Kier molecular flexibility index (Phi) is 4.43. The van der Waals surface area contributed by atoms with Gasteiger partial charge in [0.1, 0.15) is 0 Å². The van der Waals surface area contributed by atoms with E-state index in [-0.39, 0.29) is 11.2 Å².